The average Bonchev–Trinajstić information content (AvgIpc) is 3.38. The Balaban J connectivity index is 1.81. The molecule has 0 radical (unpaired) electrons. The van der Waals surface area contributed by atoms with Gasteiger partial charge in [0.2, 0.25) is 5.43 Å². The summed E-state index contributed by atoms with van der Waals surface area (Å²) in [5, 5.41) is 12.4. The molecule has 0 amide bonds. The summed E-state index contributed by atoms with van der Waals surface area (Å²) in [5.74, 6) is -3.11. The van der Waals surface area contributed by atoms with Crippen LogP contribution in [0.2, 0.25) is 0 Å². The van der Waals surface area contributed by atoms with E-state index in [0.717, 1.165) is 25.5 Å². The first-order chi connectivity index (χ1) is 14.2. The Labute approximate surface area is 172 Å². The zero-order chi connectivity index (χ0) is 21.7. The van der Waals surface area contributed by atoms with Gasteiger partial charge in [-0.1, -0.05) is 0 Å². The number of hydrogen-bond donors (Lipinski definition) is 3. The predicted molar refractivity (Wildman–Crippen MR) is 111 cm³/mol. The molecule has 0 spiro atoms. The lowest BCUT2D eigenvalue weighted by atomic mass is 10.0. The lowest BCUT2D eigenvalue weighted by Gasteiger charge is -2.25. The summed E-state index contributed by atoms with van der Waals surface area (Å²) in [5.41, 5.74) is 3.47. The lowest BCUT2D eigenvalue weighted by molar-refractivity contribution is 0.0695. The third kappa shape index (κ3) is 3.30. The molecule has 2 atom stereocenters. The van der Waals surface area contributed by atoms with E-state index < -0.39 is 39.7 Å². The molecule has 1 aliphatic heterocycles. The molecular formula is C21H26F2N4O3. The number of aromatic nitrogens is 1. The Morgan fingerprint density at radius 2 is 2.03 bits per heavy atom. The minimum Gasteiger partial charge on any atom is -0.477 e. The first-order valence-electron chi connectivity index (χ1n) is 10.3. The number of carbonyl (C=O) groups is 1. The number of anilines is 2. The second-order valence-corrected chi connectivity index (χ2v) is 8.30. The quantitative estimate of drug-likeness (QED) is 0.621. The van der Waals surface area contributed by atoms with Gasteiger partial charge >= 0.3 is 5.97 Å². The number of hydrogen-bond acceptors (Lipinski definition) is 5. The molecule has 4 rings (SSSR count). The van der Waals surface area contributed by atoms with Crippen LogP contribution in [0.1, 0.15) is 43.5 Å². The maximum Gasteiger partial charge on any atom is 0.341 e. The lowest BCUT2D eigenvalue weighted by Crippen LogP contribution is -2.36. The molecule has 4 N–H and O–H groups in total. The number of aryl methyl sites for hydroxylation is 1. The normalized spacial score (nSPS) is 20.1. The van der Waals surface area contributed by atoms with Crippen molar-refractivity contribution in [2.24, 2.45) is 5.92 Å². The van der Waals surface area contributed by atoms with E-state index in [-0.39, 0.29) is 29.7 Å². The van der Waals surface area contributed by atoms with Crippen LogP contribution in [0.4, 0.5) is 20.2 Å². The van der Waals surface area contributed by atoms with Crippen molar-refractivity contribution in [3.05, 3.63) is 33.6 Å². The van der Waals surface area contributed by atoms with Crippen LogP contribution >= 0.6 is 0 Å². The van der Waals surface area contributed by atoms with E-state index in [4.69, 9.17) is 5.73 Å². The molecule has 1 aromatic heterocycles. The van der Waals surface area contributed by atoms with E-state index in [1.165, 1.54) is 4.57 Å². The van der Waals surface area contributed by atoms with Crippen LogP contribution in [-0.4, -0.2) is 40.8 Å². The van der Waals surface area contributed by atoms with Crippen LogP contribution in [-0.2, 0) is 6.54 Å². The number of benzene rings is 1. The highest BCUT2D eigenvalue weighted by Gasteiger charge is 2.35. The van der Waals surface area contributed by atoms with Gasteiger partial charge < -0.3 is 25.6 Å². The minimum atomic E-state index is -1.46. The number of nitrogens with zero attached hydrogens (tertiary/aromatic N) is 2. The number of nitrogens with two attached hydrogens (primary N) is 1. The monoisotopic (exact) mass is 420 g/mol. The van der Waals surface area contributed by atoms with Crippen molar-refractivity contribution in [3.63, 3.8) is 0 Å². The summed E-state index contributed by atoms with van der Waals surface area (Å²) in [6, 6.07) is 0.777. The number of nitrogens with one attached hydrogen (secondary N) is 1. The summed E-state index contributed by atoms with van der Waals surface area (Å²) in [7, 11) is 0. The van der Waals surface area contributed by atoms with E-state index in [0.29, 0.717) is 19.1 Å². The number of carboxylic acid groups (broad SMARTS) is 1. The first-order valence-corrected chi connectivity index (χ1v) is 10.3. The molecule has 2 aliphatic rings. The standard InChI is InChI=1S/C21H26F2N4O3/c1-3-26-9-13(21(29)30)20(28)14-17(24)15(22)19(16(23)18(14)26)27-7-6-11(8-27)10(2)25-12-4-5-12/h9-12,25H,3-8,24H2,1-2H3,(H,29,30). The Morgan fingerprint density at radius 1 is 1.33 bits per heavy atom. The van der Waals surface area contributed by atoms with Crippen molar-refractivity contribution in [1.82, 2.24) is 9.88 Å². The molecule has 0 bridgehead atoms. The SMILES string of the molecule is CCn1cc(C(=O)O)c(=O)c2c(N)c(F)c(N3CCC(C(C)NC4CC4)C3)c(F)c21. The van der Waals surface area contributed by atoms with Crippen LogP contribution in [0.25, 0.3) is 10.9 Å². The van der Waals surface area contributed by atoms with Crippen LogP contribution in [0.3, 0.4) is 0 Å². The molecule has 1 aliphatic carbocycles. The Morgan fingerprint density at radius 3 is 2.63 bits per heavy atom. The van der Waals surface area contributed by atoms with Gasteiger partial charge in [-0.05, 0) is 39.0 Å². The van der Waals surface area contributed by atoms with Crippen molar-refractivity contribution < 1.29 is 18.7 Å². The zero-order valence-electron chi connectivity index (χ0n) is 17.0. The molecule has 1 saturated heterocycles. The molecule has 2 heterocycles. The van der Waals surface area contributed by atoms with Crippen molar-refractivity contribution in [2.45, 2.75) is 51.7 Å². The van der Waals surface area contributed by atoms with Gasteiger partial charge in [0, 0.05) is 37.9 Å². The van der Waals surface area contributed by atoms with E-state index >= 15 is 8.78 Å². The highest BCUT2D eigenvalue weighted by Crippen LogP contribution is 2.38. The number of aromatic carboxylic acids is 1. The van der Waals surface area contributed by atoms with Gasteiger partial charge in [-0.2, -0.15) is 0 Å². The van der Waals surface area contributed by atoms with Gasteiger partial charge in [-0.25, -0.2) is 13.6 Å². The third-order valence-corrected chi connectivity index (χ3v) is 6.31. The summed E-state index contributed by atoms with van der Waals surface area (Å²) >= 11 is 0. The van der Waals surface area contributed by atoms with Crippen molar-refractivity contribution in [3.8, 4) is 0 Å². The van der Waals surface area contributed by atoms with Gasteiger partial charge in [0.05, 0.1) is 16.6 Å². The second kappa shape index (κ2) is 7.54. The summed E-state index contributed by atoms with van der Waals surface area (Å²) in [4.78, 5) is 25.7. The van der Waals surface area contributed by atoms with E-state index in [1.807, 2.05) is 0 Å². The molecule has 2 unspecified atom stereocenters. The van der Waals surface area contributed by atoms with Crippen LogP contribution in [0.15, 0.2) is 11.0 Å². The highest BCUT2D eigenvalue weighted by atomic mass is 19.1. The van der Waals surface area contributed by atoms with Crippen molar-refractivity contribution >= 4 is 28.2 Å². The number of pyridine rings is 1. The van der Waals surface area contributed by atoms with Gasteiger partial charge in [0.15, 0.2) is 11.6 Å². The fourth-order valence-corrected chi connectivity index (χ4v) is 4.43. The number of rotatable bonds is 6. The minimum absolute atomic E-state index is 0.158. The Hall–Kier alpha value is -2.68. The summed E-state index contributed by atoms with van der Waals surface area (Å²) in [6.07, 6.45) is 4.21. The third-order valence-electron chi connectivity index (χ3n) is 6.31. The van der Waals surface area contributed by atoms with Crippen molar-refractivity contribution in [2.75, 3.05) is 23.7 Å². The maximum absolute atomic E-state index is 15.6. The summed E-state index contributed by atoms with van der Waals surface area (Å²) < 4.78 is 32.1. The fourth-order valence-electron chi connectivity index (χ4n) is 4.43. The molecule has 162 valence electrons. The fraction of sp³-hybridized carbons (Fsp3) is 0.524. The number of carboxylic acids is 1. The topological polar surface area (TPSA) is 101 Å². The van der Waals surface area contributed by atoms with Gasteiger partial charge in [0.25, 0.3) is 0 Å². The number of nitrogen functional groups attached to an aromatic ring is 1. The molecule has 2 aromatic rings. The zero-order valence-corrected chi connectivity index (χ0v) is 17.0. The highest BCUT2D eigenvalue weighted by molar-refractivity contribution is 5.99. The van der Waals surface area contributed by atoms with Crippen LogP contribution in [0.5, 0.6) is 0 Å². The largest absolute Gasteiger partial charge is 0.477 e. The Kier molecular flexibility index (Phi) is 5.17. The molecule has 7 nitrogen and oxygen atoms in total. The van der Waals surface area contributed by atoms with E-state index in [9.17, 15) is 14.7 Å². The number of halogens is 2. The molecule has 1 saturated carbocycles. The van der Waals surface area contributed by atoms with Gasteiger partial charge in [-0.15, -0.1) is 0 Å². The van der Waals surface area contributed by atoms with Gasteiger partial charge in [-0.3, -0.25) is 4.79 Å². The Bertz CT molecular complexity index is 1080. The molecule has 1 aromatic carbocycles. The summed E-state index contributed by atoms with van der Waals surface area (Å²) in [6.45, 7) is 4.93. The molecule has 30 heavy (non-hydrogen) atoms. The van der Waals surface area contributed by atoms with E-state index in [2.05, 4.69) is 12.2 Å². The van der Waals surface area contributed by atoms with Crippen LogP contribution < -0.4 is 21.4 Å². The smallest absolute Gasteiger partial charge is 0.341 e. The van der Waals surface area contributed by atoms with E-state index in [1.54, 1.807) is 11.8 Å². The first kappa shape index (κ1) is 20.6. The van der Waals surface area contributed by atoms with Crippen molar-refractivity contribution in [1.29, 1.82) is 0 Å². The van der Waals surface area contributed by atoms with Crippen LogP contribution in [0, 0.1) is 17.6 Å². The maximum atomic E-state index is 15.6. The number of fused-ring (bicyclic) bond motifs is 1. The molecule has 9 heteroatoms. The predicted octanol–water partition coefficient (Wildman–Crippen LogP) is 2.55. The van der Waals surface area contributed by atoms with Gasteiger partial charge in [0.1, 0.15) is 11.3 Å². The average molecular weight is 420 g/mol. The second-order valence-electron chi connectivity index (χ2n) is 8.30. The molecule has 2 fully saturated rings. The molecular weight excluding hydrogens is 394 g/mol.